The van der Waals surface area contributed by atoms with Crippen molar-refractivity contribution in [1.29, 1.82) is 0 Å². The van der Waals surface area contributed by atoms with Gasteiger partial charge in [-0.1, -0.05) is 6.58 Å². The van der Waals surface area contributed by atoms with Gasteiger partial charge in [0.25, 0.3) is 0 Å². The van der Waals surface area contributed by atoms with Crippen molar-refractivity contribution in [3.8, 4) is 0 Å². The first-order valence-corrected chi connectivity index (χ1v) is 12.2. The van der Waals surface area contributed by atoms with E-state index in [2.05, 4.69) is 16.4 Å². The molecule has 18 heavy (non-hydrogen) atoms. The van der Waals surface area contributed by atoms with Gasteiger partial charge in [0.2, 0.25) is 16.6 Å². The van der Waals surface area contributed by atoms with Crippen molar-refractivity contribution < 1.29 is 28.5 Å². The highest BCUT2D eigenvalue weighted by Gasteiger charge is 2.26. The number of hydrogen-bond acceptors (Lipinski definition) is 6. The Bertz CT molecular complexity index is 307. The second kappa shape index (κ2) is 6.27. The van der Waals surface area contributed by atoms with E-state index in [-0.39, 0.29) is 0 Å². The lowest BCUT2D eigenvalue weighted by molar-refractivity contribution is -0.224. The SMILES string of the molecule is C=C(C(=O)OO[Si](C)(C)C)C(=O)OO[Si](C)(C)C. The lowest BCUT2D eigenvalue weighted by atomic mass is 10.3. The Balaban J connectivity index is 4.22. The Morgan fingerprint density at radius 3 is 1.28 bits per heavy atom. The van der Waals surface area contributed by atoms with Crippen LogP contribution in [0, 0.1) is 0 Å². The van der Waals surface area contributed by atoms with E-state index in [1.165, 1.54) is 0 Å². The van der Waals surface area contributed by atoms with Crippen LogP contribution in [0.3, 0.4) is 0 Å². The van der Waals surface area contributed by atoms with Crippen LogP contribution in [0.5, 0.6) is 0 Å². The second-order valence-corrected chi connectivity index (χ2v) is 14.4. The van der Waals surface area contributed by atoms with Gasteiger partial charge in [-0.05, 0) is 39.3 Å². The van der Waals surface area contributed by atoms with Crippen molar-refractivity contribution in [3.63, 3.8) is 0 Å². The number of carbonyl (C=O) groups excluding carboxylic acids is 2. The van der Waals surface area contributed by atoms with Crippen LogP contribution >= 0.6 is 0 Å². The van der Waals surface area contributed by atoms with Crippen LogP contribution in [0.25, 0.3) is 0 Å². The van der Waals surface area contributed by atoms with Gasteiger partial charge in [-0.2, -0.15) is 0 Å². The van der Waals surface area contributed by atoms with Gasteiger partial charge in [-0.15, -0.1) is 0 Å². The molecule has 0 saturated carbocycles. The van der Waals surface area contributed by atoms with Gasteiger partial charge >= 0.3 is 11.9 Å². The third-order valence-corrected chi connectivity index (χ3v) is 2.39. The Kier molecular flexibility index (Phi) is 5.94. The Labute approximate surface area is 109 Å². The van der Waals surface area contributed by atoms with Crippen LogP contribution in [0.15, 0.2) is 12.2 Å². The summed E-state index contributed by atoms with van der Waals surface area (Å²) in [5.41, 5.74) is -0.466. The van der Waals surface area contributed by atoms with E-state index in [0.717, 1.165) is 0 Å². The topological polar surface area (TPSA) is 71.1 Å². The highest BCUT2D eigenvalue weighted by Crippen LogP contribution is 2.09. The fraction of sp³-hybridized carbons (Fsp3) is 0.600. The molecule has 0 heterocycles. The molecular weight excluding hydrogens is 272 g/mol. The predicted octanol–water partition coefficient (Wildman–Crippen LogP) is 2.16. The van der Waals surface area contributed by atoms with E-state index >= 15 is 0 Å². The molecule has 0 fully saturated rings. The summed E-state index contributed by atoms with van der Waals surface area (Å²) in [4.78, 5) is 31.8. The minimum atomic E-state index is -2.01. The van der Waals surface area contributed by atoms with Crippen LogP contribution in [-0.4, -0.2) is 28.6 Å². The molecule has 0 amide bonds. The lowest BCUT2D eigenvalue weighted by Crippen LogP contribution is -2.30. The normalized spacial score (nSPS) is 11.9. The van der Waals surface area contributed by atoms with Gasteiger partial charge < -0.3 is 9.78 Å². The number of hydrogen-bond donors (Lipinski definition) is 0. The van der Waals surface area contributed by atoms with Crippen molar-refractivity contribution in [3.05, 3.63) is 12.2 Å². The average molecular weight is 292 g/mol. The maximum Gasteiger partial charge on any atom is 0.378 e. The second-order valence-electron chi connectivity index (χ2n) is 5.61. The summed E-state index contributed by atoms with van der Waals surface area (Å²) in [6.07, 6.45) is 0. The quantitative estimate of drug-likeness (QED) is 0.187. The monoisotopic (exact) mass is 292 g/mol. The molecule has 0 spiro atoms. The fourth-order valence-corrected chi connectivity index (χ4v) is 1.16. The van der Waals surface area contributed by atoms with Crippen molar-refractivity contribution in [2.75, 3.05) is 0 Å². The summed E-state index contributed by atoms with van der Waals surface area (Å²) in [6, 6.07) is 0. The fourth-order valence-electron chi connectivity index (χ4n) is 0.510. The van der Waals surface area contributed by atoms with E-state index in [0.29, 0.717) is 0 Å². The van der Waals surface area contributed by atoms with Gasteiger partial charge in [-0.25, -0.2) is 18.7 Å². The van der Waals surface area contributed by atoms with Crippen molar-refractivity contribution in [1.82, 2.24) is 0 Å². The molecule has 0 saturated heterocycles. The first-order valence-electron chi connectivity index (χ1n) is 5.41. The standard InChI is InChI=1S/C10H20O6Si2/c1-8(9(11)13-15-17(2,3)4)10(12)14-16-18(5,6)7/h1H2,2-7H3. The first kappa shape index (κ1) is 17.0. The summed E-state index contributed by atoms with van der Waals surface area (Å²) in [6.45, 7) is 14.3. The Morgan fingerprint density at radius 1 is 0.778 bits per heavy atom. The van der Waals surface area contributed by atoms with Crippen LogP contribution in [0.1, 0.15) is 0 Å². The summed E-state index contributed by atoms with van der Waals surface area (Å²) in [5.74, 6) is -1.94. The van der Waals surface area contributed by atoms with Gasteiger partial charge in [0, 0.05) is 0 Å². The largest absolute Gasteiger partial charge is 0.378 e. The molecule has 0 aliphatic heterocycles. The first-order chi connectivity index (χ1) is 7.92. The number of rotatable bonds is 6. The van der Waals surface area contributed by atoms with Gasteiger partial charge in [0.05, 0.1) is 0 Å². The molecule has 0 aromatic heterocycles. The van der Waals surface area contributed by atoms with E-state index in [1.807, 2.05) is 39.3 Å². The molecule has 0 aromatic rings. The smallest absolute Gasteiger partial charge is 0.304 e. The van der Waals surface area contributed by atoms with Crippen molar-refractivity contribution in [2.24, 2.45) is 0 Å². The summed E-state index contributed by atoms with van der Waals surface area (Å²) < 4.78 is 9.79. The molecule has 0 radical (unpaired) electrons. The predicted molar refractivity (Wildman–Crippen MR) is 70.2 cm³/mol. The van der Waals surface area contributed by atoms with E-state index in [1.54, 1.807) is 0 Å². The lowest BCUT2D eigenvalue weighted by Gasteiger charge is -2.16. The van der Waals surface area contributed by atoms with Gasteiger partial charge in [-0.3, -0.25) is 0 Å². The molecule has 0 atom stereocenters. The number of carbonyl (C=O) groups is 2. The zero-order valence-electron chi connectivity index (χ0n) is 11.7. The molecular formula is C10H20O6Si2. The van der Waals surface area contributed by atoms with Crippen LogP contribution in [0.4, 0.5) is 0 Å². The highest BCUT2D eigenvalue weighted by atomic mass is 28.4. The van der Waals surface area contributed by atoms with Crippen molar-refractivity contribution in [2.45, 2.75) is 39.3 Å². The molecule has 0 aliphatic carbocycles. The maximum atomic E-state index is 11.4. The van der Waals surface area contributed by atoms with Crippen LogP contribution in [0.2, 0.25) is 39.3 Å². The molecule has 0 unspecified atom stereocenters. The highest BCUT2D eigenvalue weighted by molar-refractivity contribution is 6.69. The average Bonchev–Trinajstić information content (AvgIpc) is 2.19. The molecule has 0 bridgehead atoms. The molecule has 0 N–H and O–H groups in total. The molecule has 0 rings (SSSR count). The molecule has 8 heteroatoms. The zero-order chi connectivity index (χ0) is 14.6. The van der Waals surface area contributed by atoms with E-state index in [4.69, 9.17) is 9.15 Å². The summed E-state index contributed by atoms with van der Waals surface area (Å²) in [5, 5.41) is 0. The maximum absolute atomic E-state index is 11.4. The van der Waals surface area contributed by atoms with E-state index in [9.17, 15) is 9.59 Å². The molecule has 0 aromatic carbocycles. The third kappa shape index (κ3) is 8.17. The Morgan fingerprint density at radius 2 is 1.06 bits per heavy atom. The van der Waals surface area contributed by atoms with Gasteiger partial charge in [0.15, 0.2) is 0 Å². The molecule has 0 aliphatic rings. The van der Waals surface area contributed by atoms with E-state index < -0.39 is 34.1 Å². The third-order valence-electron chi connectivity index (χ3n) is 1.23. The minimum absolute atomic E-state index is 0.466. The Hall–Kier alpha value is -0.966. The summed E-state index contributed by atoms with van der Waals surface area (Å²) in [7, 11) is -4.02. The van der Waals surface area contributed by atoms with Gasteiger partial charge in [0.1, 0.15) is 5.57 Å². The van der Waals surface area contributed by atoms with Crippen LogP contribution < -0.4 is 0 Å². The van der Waals surface area contributed by atoms with Crippen LogP contribution in [-0.2, 0) is 28.5 Å². The molecule has 6 nitrogen and oxygen atoms in total. The summed E-state index contributed by atoms with van der Waals surface area (Å²) >= 11 is 0. The zero-order valence-corrected chi connectivity index (χ0v) is 13.7. The molecule has 104 valence electrons. The minimum Gasteiger partial charge on any atom is -0.304 e. The van der Waals surface area contributed by atoms with Crippen molar-refractivity contribution >= 4 is 28.6 Å².